The van der Waals surface area contributed by atoms with Crippen LogP contribution >= 0.6 is 11.6 Å². The number of halogens is 3. The number of nitrogens with one attached hydrogen (secondary N) is 1. The van der Waals surface area contributed by atoms with E-state index in [4.69, 9.17) is 11.6 Å². The summed E-state index contributed by atoms with van der Waals surface area (Å²) in [5.74, 6) is -2.78. The molecule has 0 fully saturated rings. The van der Waals surface area contributed by atoms with E-state index >= 15 is 0 Å². The highest BCUT2D eigenvalue weighted by Gasteiger charge is 2.15. The van der Waals surface area contributed by atoms with Gasteiger partial charge in [0.25, 0.3) is 5.91 Å². The van der Waals surface area contributed by atoms with Gasteiger partial charge in [-0.15, -0.1) is 0 Å². The van der Waals surface area contributed by atoms with Gasteiger partial charge in [-0.1, -0.05) is 23.7 Å². The van der Waals surface area contributed by atoms with E-state index in [-0.39, 0.29) is 10.6 Å². The van der Waals surface area contributed by atoms with Crippen LogP contribution in [-0.4, -0.2) is 5.91 Å². The summed E-state index contributed by atoms with van der Waals surface area (Å²) in [6, 6.07) is 7.14. The summed E-state index contributed by atoms with van der Waals surface area (Å²) in [6.07, 6.45) is 0. The van der Waals surface area contributed by atoms with Crippen molar-refractivity contribution in [2.45, 2.75) is 13.8 Å². The fourth-order valence-electron chi connectivity index (χ4n) is 1.76. The molecule has 2 aromatic carbocycles. The molecular formula is C15H12ClF2NO. The molecule has 0 radical (unpaired) electrons. The van der Waals surface area contributed by atoms with E-state index in [2.05, 4.69) is 5.32 Å². The van der Waals surface area contributed by atoms with E-state index in [9.17, 15) is 13.6 Å². The molecule has 0 saturated heterocycles. The predicted molar refractivity (Wildman–Crippen MR) is 75.2 cm³/mol. The third kappa shape index (κ3) is 2.96. The standard InChI is InChI=1S/C15H12ClF2NO/c1-8-3-4-9(2)14(5-8)19-15(20)10-6-12(17)13(18)7-11(10)16/h3-7H,1-2H3,(H,19,20). The average molecular weight is 296 g/mol. The van der Waals surface area contributed by atoms with E-state index in [1.807, 2.05) is 26.0 Å². The van der Waals surface area contributed by atoms with Crippen LogP contribution in [0.15, 0.2) is 30.3 Å². The van der Waals surface area contributed by atoms with Gasteiger partial charge in [0, 0.05) is 5.69 Å². The van der Waals surface area contributed by atoms with Crippen LogP contribution in [0.4, 0.5) is 14.5 Å². The minimum absolute atomic E-state index is 0.105. The Balaban J connectivity index is 2.33. The van der Waals surface area contributed by atoms with Gasteiger partial charge in [0.15, 0.2) is 11.6 Å². The van der Waals surface area contributed by atoms with E-state index in [0.717, 1.165) is 23.3 Å². The van der Waals surface area contributed by atoms with Crippen molar-refractivity contribution in [3.05, 3.63) is 63.7 Å². The molecule has 5 heteroatoms. The van der Waals surface area contributed by atoms with Gasteiger partial charge in [-0.2, -0.15) is 0 Å². The minimum atomic E-state index is -1.11. The third-order valence-corrected chi connectivity index (χ3v) is 3.21. The van der Waals surface area contributed by atoms with Crippen LogP contribution in [0, 0.1) is 25.5 Å². The molecule has 0 aliphatic carbocycles. The Morgan fingerprint density at radius 1 is 1.10 bits per heavy atom. The number of rotatable bonds is 2. The molecule has 0 aromatic heterocycles. The van der Waals surface area contributed by atoms with Crippen molar-refractivity contribution in [2.75, 3.05) is 5.32 Å². The van der Waals surface area contributed by atoms with Crippen molar-refractivity contribution in [3.63, 3.8) is 0 Å². The van der Waals surface area contributed by atoms with Gasteiger partial charge < -0.3 is 5.32 Å². The molecule has 104 valence electrons. The number of amides is 1. The zero-order valence-corrected chi connectivity index (χ0v) is 11.7. The first-order valence-electron chi connectivity index (χ1n) is 5.91. The summed E-state index contributed by atoms with van der Waals surface area (Å²) in [5.41, 5.74) is 2.34. The number of anilines is 1. The molecule has 20 heavy (non-hydrogen) atoms. The number of hydrogen-bond acceptors (Lipinski definition) is 1. The van der Waals surface area contributed by atoms with Crippen LogP contribution in [0.5, 0.6) is 0 Å². The number of carbonyl (C=O) groups is 1. The van der Waals surface area contributed by atoms with Crippen molar-refractivity contribution in [1.29, 1.82) is 0 Å². The Kier molecular flexibility index (Phi) is 4.04. The number of benzene rings is 2. The van der Waals surface area contributed by atoms with Crippen LogP contribution in [0.2, 0.25) is 5.02 Å². The summed E-state index contributed by atoms with van der Waals surface area (Å²) < 4.78 is 26.2. The maximum Gasteiger partial charge on any atom is 0.257 e. The Morgan fingerprint density at radius 3 is 2.45 bits per heavy atom. The molecule has 1 N–H and O–H groups in total. The van der Waals surface area contributed by atoms with Crippen LogP contribution in [0.3, 0.4) is 0 Å². The molecular weight excluding hydrogens is 284 g/mol. The summed E-state index contributed by atoms with van der Waals surface area (Å²) in [7, 11) is 0. The number of carbonyl (C=O) groups excluding carboxylic acids is 1. The molecule has 0 bridgehead atoms. The maximum absolute atomic E-state index is 13.2. The van der Waals surface area contributed by atoms with Crippen LogP contribution in [0.25, 0.3) is 0 Å². The molecule has 2 nitrogen and oxygen atoms in total. The van der Waals surface area contributed by atoms with E-state index in [1.54, 1.807) is 6.07 Å². The van der Waals surface area contributed by atoms with Crippen molar-refractivity contribution in [3.8, 4) is 0 Å². The predicted octanol–water partition coefficient (Wildman–Crippen LogP) is 4.49. The lowest BCUT2D eigenvalue weighted by molar-refractivity contribution is 0.102. The summed E-state index contributed by atoms with van der Waals surface area (Å²) in [6.45, 7) is 3.72. The Bertz CT molecular complexity index is 686. The molecule has 0 spiro atoms. The normalized spacial score (nSPS) is 10.4. The van der Waals surface area contributed by atoms with Gasteiger partial charge >= 0.3 is 0 Å². The molecule has 0 aliphatic rings. The maximum atomic E-state index is 13.2. The van der Waals surface area contributed by atoms with E-state index in [1.165, 1.54) is 0 Å². The zero-order valence-electron chi connectivity index (χ0n) is 10.9. The topological polar surface area (TPSA) is 29.1 Å². The monoisotopic (exact) mass is 295 g/mol. The lowest BCUT2D eigenvalue weighted by Crippen LogP contribution is -2.14. The zero-order chi connectivity index (χ0) is 14.9. The Hall–Kier alpha value is -1.94. The van der Waals surface area contributed by atoms with Gasteiger partial charge in [-0.05, 0) is 43.2 Å². The first-order valence-corrected chi connectivity index (χ1v) is 6.29. The molecule has 2 aromatic rings. The first-order chi connectivity index (χ1) is 9.38. The second-order valence-electron chi connectivity index (χ2n) is 4.52. The molecule has 0 aliphatic heterocycles. The highest BCUT2D eigenvalue weighted by Crippen LogP contribution is 2.23. The lowest BCUT2D eigenvalue weighted by Gasteiger charge is -2.10. The second-order valence-corrected chi connectivity index (χ2v) is 4.93. The molecule has 0 unspecified atom stereocenters. The lowest BCUT2D eigenvalue weighted by atomic mass is 10.1. The minimum Gasteiger partial charge on any atom is -0.322 e. The summed E-state index contributed by atoms with van der Waals surface area (Å²) in [5, 5.41) is 2.51. The van der Waals surface area contributed by atoms with E-state index in [0.29, 0.717) is 5.69 Å². The van der Waals surface area contributed by atoms with Gasteiger partial charge in [0.1, 0.15) is 0 Å². The second kappa shape index (κ2) is 5.59. The fraction of sp³-hybridized carbons (Fsp3) is 0.133. The first kappa shape index (κ1) is 14.5. The molecule has 0 heterocycles. The smallest absolute Gasteiger partial charge is 0.257 e. The van der Waals surface area contributed by atoms with E-state index < -0.39 is 17.5 Å². The quantitative estimate of drug-likeness (QED) is 0.813. The average Bonchev–Trinajstić information content (AvgIpc) is 2.38. The van der Waals surface area contributed by atoms with Gasteiger partial charge in [-0.25, -0.2) is 8.78 Å². The highest BCUT2D eigenvalue weighted by atomic mass is 35.5. The number of hydrogen-bond donors (Lipinski definition) is 1. The Morgan fingerprint density at radius 2 is 1.75 bits per heavy atom. The SMILES string of the molecule is Cc1ccc(C)c(NC(=O)c2cc(F)c(F)cc2Cl)c1. The largest absolute Gasteiger partial charge is 0.322 e. The van der Waals surface area contributed by atoms with Gasteiger partial charge in [-0.3, -0.25) is 4.79 Å². The summed E-state index contributed by atoms with van der Waals surface area (Å²) >= 11 is 5.77. The van der Waals surface area contributed by atoms with Crippen molar-refractivity contribution < 1.29 is 13.6 Å². The number of aryl methyl sites for hydroxylation is 2. The fourth-order valence-corrected chi connectivity index (χ4v) is 1.99. The highest BCUT2D eigenvalue weighted by molar-refractivity contribution is 6.34. The Labute approximate surface area is 120 Å². The molecule has 0 saturated carbocycles. The molecule has 1 amide bonds. The summed E-state index contributed by atoms with van der Waals surface area (Å²) in [4.78, 5) is 12.1. The molecule has 2 rings (SSSR count). The van der Waals surface area contributed by atoms with Crippen molar-refractivity contribution in [1.82, 2.24) is 0 Å². The van der Waals surface area contributed by atoms with Crippen molar-refractivity contribution >= 4 is 23.2 Å². The van der Waals surface area contributed by atoms with Crippen LogP contribution in [0.1, 0.15) is 21.5 Å². The van der Waals surface area contributed by atoms with Crippen molar-refractivity contribution in [2.24, 2.45) is 0 Å². The van der Waals surface area contributed by atoms with Crippen LogP contribution < -0.4 is 5.32 Å². The van der Waals surface area contributed by atoms with Gasteiger partial charge in [0.2, 0.25) is 0 Å². The third-order valence-electron chi connectivity index (χ3n) is 2.90. The van der Waals surface area contributed by atoms with Crippen LogP contribution in [-0.2, 0) is 0 Å². The molecule has 0 atom stereocenters. The van der Waals surface area contributed by atoms with Gasteiger partial charge in [0.05, 0.1) is 10.6 Å².